The van der Waals surface area contributed by atoms with Crippen LogP contribution in [0, 0.1) is 28.6 Å². The fourth-order valence-corrected chi connectivity index (χ4v) is 12.0. The van der Waals surface area contributed by atoms with E-state index in [1.165, 1.54) is 29.2 Å². The number of halogens is 1. The minimum atomic E-state index is -2.43. The van der Waals surface area contributed by atoms with Crippen molar-refractivity contribution in [3.63, 3.8) is 0 Å². The molecule has 2 aromatic carbocycles. The van der Waals surface area contributed by atoms with Gasteiger partial charge in [-0.3, -0.25) is 0 Å². The molecule has 8 aromatic rings. The molecule has 0 bridgehead atoms. The Labute approximate surface area is 487 Å². The first-order valence-electron chi connectivity index (χ1n) is 25.8. The second kappa shape index (κ2) is 27.6. The molecule has 2 aliphatic rings. The van der Waals surface area contributed by atoms with Crippen molar-refractivity contribution in [2.45, 2.75) is 86.5 Å². The number of hydrogen-bond donors (Lipinski definition) is 3. The lowest BCUT2D eigenvalue weighted by Crippen LogP contribution is -2.36. The number of pyridine rings is 4. The summed E-state index contributed by atoms with van der Waals surface area (Å²) in [5, 5.41) is 50.5. The third kappa shape index (κ3) is 17.0. The SMILES string of the molecule is CC(C)(O)COc1cc(-c2ccc(F)nc2)c2c(C#N)cnn2c1.CC(C)(O)COc1cc(-c2ccc(N3CCC(N=[S@@](C)(=O)c4ccccc4)CC3)nc2)c2c(C#N)cnn2c1.C[S@@](=O)(=NC1CCNCC1)c1ccccc1.S.S. The van der Waals surface area contributed by atoms with Gasteiger partial charge in [0.05, 0.1) is 89.7 Å². The van der Waals surface area contributed by atoms with Crippen molar-refractivity contribution in [2.75, 3.05) is 56.8 Å². The number of aliphatic hydroxyl groups is 2. The van der Waals surface area contributed by atoms with E-state index < -0.39 is 36.6 Å². The molecule has 8 heterocycles. The average molecular weight is 1180 g/mol. The summed E-state index contributed by atoms with van der Waals surface area (Å²) < 4.78 is 62.6. The highest BCUT2D eigenvalue weighted by Crippen LogP contribution is 2.34. The summed E-state index contributed by atoms with van der Waals surface area (Å²) in [6, 6.07) is 33.9. The van der Waals surface area contributed by atoms with Crippen LogP contribution in [0.1, 0.15) is 64.5 Å². The van der Waals surface area contributed by atoms with Crippen LogP contribution < -0.4 is 19.7 Å². The summed E-state index contributed by atoms with van der Waals surface area (Å²) in [6.07, 6.45) is 16.6. The van der Waals surface area contributed by atoms with Gasteiger partial charge in [-0.2, -0.15) is 52.1 Å². The molecule has 23 heteroatoms. The summed E-state index contributed by atoms with van der Waals surface area (Å²) >= 11 is 0. The van der Waals surface area contributed by atoms with E-state index in [9.17, 15) is 33.5 Å². The molecule has 2 fully saturated rings. The van der Waals surface area contributed by atoms with Gasteiger partial charge in [0.15, 0.2) is 0 Å². The number of hydrogen-bond acceptors (Lipinski definition) is 16. The molecule has 18 nitrogen and oxygen atoms in total. The van der Waals surface area contributed by atoms with Crippen LogP contribution in [-0.4, -0.2) is 123 Å². The second-order valence-corrected chi connectivity index (χ2v) is 25.3. The largest absolute Gasteiger partial charge is 0.489 e. The molecule has 0 amide bonds. The molecule has 428 valence electrons. The van der Waals surface area contributed by atoms with Gasteiger partial charge in [0.25, 0.3) is 0 Å². The van der Waals surface area contributed by atoms with E-state index >= 15 is 0 Å². The number of fused-ring (bicyclic) bond motifs is 2. The topological polar surface area (TPSA) is 241 Å². The first kappa shape index (κ1) is 63.1. The van der Waals surface area contributed by atoms with E-state index in [0.717, 1.165) is 78.6 Å². The van der Waals surface area contributed by atoms with Gasteiger partial charge in [0.1, 0.15) is 42.7 Å². The molecular formula is C58H69FN12O6S4. The van der Waals surface area contributed by atoms with Gasteiger partial charge in [0, 0.05) is 70.0 Å². The third-order valence-corrected chi connectivity index (χ3v) is 16.5. The van der Waals surface area contributed by atoms with Crippen molar-refractivity contribution in [1.29, 1.82) is 10.5 Å². The molecular weight excluding hydrogens is 1110 g/mol. The molecule has 0 aliphatic carbocycles. The van der Waals surface area contributed by atoms with Crippen LogP contribution in [0.2, 0.25) is 0 Å². The summed E-state index contributed by atoms with van der Waals surface area (Å²) in [5.74, 6) is 1.27. The quantitative estimate of drug-likeness (QED) is 0.0912. The summed E-state index contributed by atoms with van der Waals surface area (Å²) in [6.45, 7) is 10.4. The van der Waals surface area contributed by atoms with Gasteiger partial charge in [-0.1, -0.05) is 36.4 Å². The minimum Gasteiger partial charge on any atom is -0.489 e. The number of aromatic nitrogens is 6. The van der Waals surface area contributed by atoms with E-state index in [-0.39, 0.29) is 52.3 Å². The Morgan fingerprint density at radius 2 is 1.09 bits per heavy atom. The molecule has 3 N–H and O–H groups in total. The number of benzene rings is 2. The van der Waals surface area contributed by atoms with Crippen molar-refractivity contribution < 1.29 is 32.5 Å². The summed E-state index contributed by atoms with van der Waals surface area (Å²) in [7, 11) is -4.64. The molecule has 2 aliphatic heterocycles. The zero-order valence-corrected chi connectivity index (χ0v) is 49.7. The van der Waals surface area contributed by atoms with Crippen LogP contribution >= 0.6 is 27.0 Å². The van der Waals surface area contributed by atoms with Crippen LogP contribution in [0.25, 0.3) is 33.3 Å². The Kier molecular flexibility index (Phi) is 21.5. The third-order valence-electron chi connectivity index (χ3n) is 12.9. The standard InChI is InChI=1S/C29H32N6O3S.C17H15FN4O2.C12H18N2OS.2H2S/c1-29(2,36)20-38-24-15-26(28-22(16-30)18-32-35(28)19-24)21-9-10-27(31-17-21)34-13-11-23(12-14-34)33-39(3,37)25-7-5-4-6-8-25;1-17(2,23)10-24-13-5-14(11-3-4-15(18)20-7-11)16-12(6-19)8-21-22(16)9-13;1-16(15,12-5-3-2-4-6-12)14-11-7-9-13-10-8-11;;/h4-10,15,17-19,23,36H,11-14,20H2,1-3H3;3-5,7-9,23H,10H2,1-2H3;2-6,11,13H,7-10H2,1H3;2*1H2/t39-;;16-;;/m0.0../s1. The Morgan fingerprint density at radius 1 is 0.654 bits per heavy atom. The maximum atomic E-state index is 13.2. The van der Waals surface area contributed by atoms with Gasteiger partial charge in [-0.25, -0.2) is 36.1 Å². The monoisotopic (exact) mass is 1180 g/mol. The van der Waals surface area contributed by atoms with Gasteiger partial charge in [-0.05, 0) is 127 Å². The van der Waals surface area contributed by atoms with Crippen LogP contribution in [0.15, 0.2) is 153 Å². The number of nitriles is 2. The summed E-state index contributed by atoms with van der Waals surface area (Å²) in [5.41, 5.74) is 3.00. The fraction of sp³-hybridized carbons (Fsp3) is 0.345. The normalized spacial score (nSPS) is 15.3. The molecule has 2 saturated heterocycles. The lowest BCUT2D eigenvalue weighted by Gasteiger charge is -2.31. The maximum absolute atomic E-state index is 13.2. The van der Waals surface area contributed by atoms with Gasteiger partial charge < -0.3 is 29.9 Å². The fourth-order valence-electron chi connectivity index (χ4n) is 8.89. The van der Waals surface area contributed by atoms with Crippen LogP contribution in [0.4, 0.5) is 10.2 Å². The summed E-state index contributed by atoms with van der Waals surface area (Å²) in [4.78, 5) is 12.2. The molecule has 10 rings (SSSR count). The number of piperidine rings is 2. The highest BCUT2D eigenvalue weighted by molar-refractivity contribution is 7.93. The first-order chi connectivity index (χ1) is 37.7. The number of nitrogens with zero attached hydrogens (tertiary/aromatic N) is 11. The molecule has 2 atom stereocenters. The molecule has 6 aromatic heterocycles. The van der Waals surface area contributed by atoms with Crippen LogP contribution in [0.5, 0.6) is 11.5 Å². The molecule has 0 radical (unpaired) electrons. The number of anilines is 1. The first-order valence-corrected chi connectivity index (χ1v) is 29.6. The van der Waals surface area contributed by atoms with Crippen molar-refractivity contribution in [2.24, 2.45) is 8.73 Å². The van der Waals surface area contributed by atoms with Gasteiger partial charge in [-0.15, -0.1) is 0 Å². The average Bonchev–Trinajstić information content (AvgIpc) is 4.24. The zero-order valence-electron chi connectivity index (χ0n) is 46.1. The zero-order chi connectivity index (χ0) is 56.4. The Balaban J connectivity index is 0.000000214. The van der Waals surface area contributed by atoms with Crippen LogP contribution in [-0.2, 0) is 19.5 Å². The van der Waals surface area contributed by atoms with Crippen molar-refractivity contribution in [3.8, 4) is 45.9 Å². The second-order valence-electron chi connectivity index (χ2n) is 20.7. The van der Waals surface area contributed by atoms with E-state index in [2.05, 4.69) is 41.9 Å². The lowest BCUT2D eigenvalue weighted by atomic mass is 10.0. The number of rotatable bonds is 13. The smallest absolute Gasteiger partial charge is 0.212 e. The molecule has 0 unspecified atom stereocenters. The van der Waals surface area contributed by atoms with Gasteiger partial charge in [0.2, 0.25) is 5.95 Å². The van der Waals surface area contributed by atoms with E-state index in [1.807, 2.05) is 78.9 Å². The van der Waals surface area contributed by atoms with Crippen LogP contribution in [0.3, 0.4) is 0 Å². The Morgan fingerprint density at radius 3 is 1.48 bits per heavy atom. The van der Waals surface area contributed by atoms with Crippen molar-refractivity contribution in [3.05, 3.63) is 151 Å². The minimum absolute atomic E-state index is 0. The highest BCUT2D eigenvalue weighted by atomic mass is 32.2. The van der Waals surface area contributed by atoms with E-state index in [4.69, 9.17) is 18.8 Å². The molecule has 0 saturated carbocycles. The van der Waals surface area contributed by atoms with Crippen molar-refractivity contribution in [1.82, 2.24) is 34.5 Å². The van der Waals surface area contributed by atoms with Gasteiger partial charge >= 0.3 is 0 Å². The molecule has 0 spiro atoms. The molecule has 81 heavy (non-hydrogen) atoms. The number of ether oxygens (including phenoxy) is 2. The van der Waals surface area contributed by atoms with Crippen molar-refractivity contribution >= 4 is 63.3 Å². The highest BCUT2D eigenvalue weighted by Gasteiger charge is 2.24. The predicted molar refractivity (Wildman–Crippen MR) is 324 cm³/mol. The Hall–Kier alpha value is -7.09. The Bertz CT molecular complexity index is 3720. The number of nitrogens with one attached hydrogen (secondary N) is 1. The van der Waals surface area contributed by atoms with E-state index in [0.29, 0.717) is 44.8 Å². The lowest BCUT2D eigenvalue weighted by molar-refractivity contribution is 0.0280. The van der Waals surface area contributed by atoms with E-state index in [1.54, 1.807) is 75.4 Å². The maximum Gasteiger partial charge on any atom is 0.212 e. The predicted octanol–water partition coefficient (Wildman–Crippen LogP) is 9.22.